The number of fused-ring (bicyclic) bond motifs is 2. The summed E-state index contributed by atoms with van der Waals surface area (Å²) in [5.41, 5.74) is 2.99. The average Bonchev–Trinajstić information content (AvgIpc) is 2.86. The van der Waals surface area contributed by atoms with Crippen molar-refractivity contribution in [1.29, 1.82) is 0 Å². The van der Waals surface area contributed by atoms with Crippen molar-refractivity contribution in [2.24, 2.45) is 0 Å². The quantitative estimate of drug-likeness (QED) is 0.327. The van der Waals surface area contributed by atoms with Gasteiger partial charge in [-0.2, -0.15) is 0 Å². The van der Waals surface area contributed by atoms with Gasteiger partial charge in [-0.3, -0.25) is 9.59 Å². The smallest absolute Gasteiger partial charge is 0.339 e. The summed E-state index contributed by atoms with van der Waals surface area (Å²) in [6.45, 7) is -0.533. The Morgan fingerprint density at radius 2 is 1.82 bits per heavy atom. The molecular formula is C26H17ClN2O5. The highest BCUT2D eigenvalue weighted by Gasteiger charge is 2.20. The third-order valence-electron chi connectivity index (χ3n) is 5.34. The lowest BCUT2D eigenvalue weighted by Crippen LogP contribution is -2.25. The van der Waals surface area contributed by atoms with Crippen LogP contribution >= 0.6 is 11.6 Å². The van der Waals surface area contributed by atoms with Crippen LogP contribution in [0, 0.1) is 0 Å². The van der Waals surface area contributed by atoms with E-state index in [9.17, 15) is 14.4 Å². The molecule has 168 valence electrons. The van der Waals surface area contributed by atoms with E-state index in [2.05, 4.69) is 10.3 Å². The summed E-state index contributed by atoms with van der Waals surface area (Å²) in [6, 6.07) is 20.6. The molecule has 0 aliphatic carbocycles. The highest BCUT2D eigenvalue weighted by molar-refractivity contribution is 6.30. The molecule has 1 N–H and O–H groups in total. The maximum Gasteiger partial charge on any atom is 0.339 e. The van der Waals surface area contributed by atoms with Gasteiger partial charge in [0.05, 0.1) is 22.5 Å². The lowest BCUT2D eigenvalue weighted by molar-refractivity contribution is -0.118. The Morgan fingerprint density at radius 3 is 2.65 bits per heavy atom. The van der Waals surface area contributed by atoms with Crippen molar-refractivity contribution in [2.75, 3.05) is 18.5 Å². The molecule has 0 spiro atoms. The predicted octanol–water partition coefficient (Wildman–Crippen LogP) is 4.93. The second-order valence-electron chi connectivity index (χ2n) is 7.63. The highest BCUT2D eigenvalue weighted by Crippen LogP contribution is 2.29. The van der Waals surface area contributed by atoms with E-state index in [0.29, 0.717) is 44.2 Å². The SMILES string of the molecule is O=C1COc2ccc(C(=O)COC(=O)c3cc(-c4ccc(Cl)cc4)nc4ccccc34)cc2N1. The molecule has 0 fully saturated rings. The number of nitrogens with zero attached hydrogens (tertiary/aromatic N) is 1. The van der Waals surface area contributed by atoms with Crippen LogP contribution in [0.3, 0.4) is 0 Å². The third kappa shape index (κ3) is 4.33. The van der Waals surface area contributed by atoms with Crippen LogP contribution < -0.4 is 10.1 Å². The van der Waals surface area contributed by atoms with Gasteiger partial charge < -0.3 is 14.8 Å². The third-order valence-corrected chi connectivity index (χ3v) is 5.60. The molecule has 8 heteroatoms. The molecule has 7 nitrogen and oxygen atoms in total. The van der Waals surface area contributed by atoms with Gasteiger partial charge in [-0.05, 0) is 42.5 Å². The number of ketones is 1. The van der Waals surface area contributed by atoms with Gasteiger partial charge in [-0.25, -0.2) is 9.78 Å². The number of para-hydroxylation sites is 1. The van der Waals surface area contributed by atoms with Crippen molar-refractivity contribution in [2.45, 2.75) is 0 Å². The number of amides is 1. The first-order valence-corrected chi connectivity index (χ1v) is 10.8. The summed E-state index contributed by atoms with van der Waals surface area (Å²) in [7, 11) is 0. The Balaban J connectivity index is 1.39. The van der Waals surface area contributed by atoms with Crippen LogP contribution in [0.4, 0.5) is 5.69 Å². The Kier molecular flexibility index (Phi) is 5.69. The molecule has 5 rings (SSSR count). The summed E-state index contributed by atoms with van der Waals surface area (Å²) in [5, 5.41) is 3.86. The van der Waals surface area contributed by atoms with Crippen molar-refractivity contribution in [3.63, 3.8) is 0 Å². The van der Waals surface area contributed by atoms with Crippen molar-refractivity contribution in [3.05, 3.63) is 88.9 Å². The number of benzene rings is 3. The fourth-order valence-corrected chi connectivity index (χ4v) is 3.79. The minimum absolute atomic E-state index is 0.0736. The molecule has 4 aromatic rings. The summed E-state index contributed by atoms with van der Waals surface area (Å²) >= 11 is 5.99. The first kappa shape index (κ1) is 21.6. The van der Waals surface area contributed by atoms with E-state index >= 15 is 0 Å². The molecule has 3 aromatic carbocycles. The number of anilines is 1. The van der Waals surface area contributed by atoms with Crippen molar-refractivity contribution >= 4 is 45.9 Å². The number of aromatic nitrogens is 1. The van der Waals surface area contributed by atoms with Gasteiger partial charge in [0.2, 0.25) is 0 Å². The maximum absolute atomic E-state index is 13.0. The number of Topliss-reactive ketones (excluding diaryl/α,β-unsaturated/α-hetero) is 1. The van der Waals surface area contributed by atoms with Crippen LogP contribution in [-0.4, -0.2) is 35.9 Å². The molecule has 1 aliphatic rings. The zero-order valence-corrected chi connectivity index (χ0v) is 18.5. The normalized spacial score (nSPS) is 12.4. The molecule has 1 amide bonds. The van der Waals surface area contributed by atoms with Crippen LogP contribution in [0.1, 0.15) is 20.7 Å². The van der Waals surface area contributed by atoms with E-state index in [1.165, 1.54) is 6.07 Å². The Bertz CT molecular complexity index is 1450. The fraction of sp³-hybridized carbons (Fsp3) is 0.0769. The Morgan fingerprint density at radius 1 is 1.03 bits per heavy atom. The second kappa shape index (κ2) is 8.96. The summed E-state index contributed by atoms with van der Waals surface area (Å²) in [5.74, 6) is -0.875. The van der Waals surface area contributed by atoms with Gasteiger partial charge in [0.25, 0.3) is 5.91 Å². The lowest BCUT2D eigenvalue weighted by Gasteiger charge is -2.18. The van der Waals surface area contributed by atoms with E-state index in [0.717, 1.165) is 5.56 Å². The molecule has 0 saturated heterocycles. The standard InChI is InChI=1S/C26H17ClN2O5/c27-17-8-5-15(6-9-17)21-12-19(18-3-1-2-4-20(18)28-21)26(32)34-13-23(30)16-7-10-24-22(11-16)29-25(31)14-33-24/h1-12H,13-14H2,(H,29,31). The molecule has 0 bridgehead atoms. The van der Waals surface area contributed by atoms with E-state index in [1.807, 2.05) is 18.2 Å². The first-order valence-electron chi connectivity index (χ1n) is 10.4. The Hall–Kier alpha value is -4.23. The zero-order chi connectivity index (χ0) is 23.7. The average molecular weight is 473 g/mol. The minimum Gasteiger partial charge on any atom is -0.482 e. The summed E-state index contributed by atoms with van der Waals surface area (Å²) in [6.07, 6.45) is 0. The molecule has 0 unspecified atom stereocenters. The van der Waals surface area contributed by atoms with Crippen LogP contribution in [0.15, 0.2) is 72.8 Å². The topological polar surface area (TPSA) is 94.6 Å². The molecule has 2 heterocycles. The van der Waals surface area contributed by atoms with E-state index in [4.69, 9.17) is 21.1 Å². The number of hydrogen-bond acceptors (Lipinski definition) is 6. The number of hydrogen-bond donors (Lipinski definition) is 1. The highest BCUT2D eigenvalue weighted by atomic mass is 35.5. The van der Waals surface area contributed by atoms with Gasteiger partial charge in [0.15, 0.2) is 19.0 Å². The molecule has 34 heavy (non-hydrogen) atoms. The lowest BCUT2D eigenvalue weighted by atomic mass is 10.0. The Labute approximate surface area is 199 Å². The molecule has 1 aliphatic heterocycles. The monoisotopic (exact) mass is 472 g/mol. The van der Waals surface area contributed by atoms with Crippen molar-refractivity contribution < 1.29 is 23.9 Å². The van der Waals surface area contributed by atoms with Crippen LogP contribution in [0.2, 0.25) is 5.02 Å². The van der Waals surface area contributed by atoms with Gasteiger partial charge in [-0.15, -0.1) is 0 Å². The van der Waals surface area contributed by atoms with E-state index in [-0.39, 0.29) is 12.5 Å². The van der Waals surface area contributed by atoms with Crippen LogP contribution in [0.25, 0.3) is 22.2 Å². The van der Waals surface area contributed by atoms with Gasteiger partial charge >= 0.3 is 5.97 Å². The molecule has 1 aromatic heterocycles. The number of carbonyl (C=O) groups excluding carboxylic acids is 3. The number of pyridine rings is 1. The van der Waals surface area contributed by atoms with Crippen LogP contribution in [-0.2, 0) is 9.53 Å². The fourth-order valence-electron chi connectivity index (χ4n) is 3.66. The van der Waals surface area contributed by atoms with Crippen molar-refractivity contribution in [3.8, 4) is 17.0 Å². The first-order chi connectivity index (χ1) is 16.5. The zero-order valence-electron chi connectivity index (χ0n) is 17.7. The molecular weight excluding hydrogens is 456 g/mol. The van der Waals surface area contributed by atoms with Gasteiger partial charge in [0.1, 0.15) is 5.75 Å². The number of nitrogens with one attached hydrogen (secondary N) is 1. The number of esters is 1. The summed E-state index contributed by atoms with van der Waals surface area (Å²) < 4.78 is 10.7. The predicted molar refractivity (Wildman–Crippen MR) is 127 cm³/mol. The number of ether oxygens (including phenoxy) is 2. The van der Waals surface area contributed by atoms with Gasteiger partial charge in [0, 0.05) is 21.5 Å². The molecule has 0 saturated carbocycles. The maximum atomic E-state index is 13.0. The number of carbonyl (C=O) groups is 3. The van der Waals surface area contributed by atoms with Crippen molar-refractivity contribution in [1.82, 2.24) is 4.98 Å². The minimum atomic E-state index is -0.642. The number of rotatable bonds is 5. The number of halogens is 1. The largest absolute Gasteiger partial charge is 0.482 e. The van der Waals surface area contributed by atoms with E-state index < -0.39 is 18.4 Å². The van der Waals surface area contributed by atoms with Gasteiger partial charge in [-0.1, -0.05) is 41.9 Å². The van der Waals surface area contributed by atoms with E-state index in [1.54, 1.807) is 48.5 Å². The molecule has 0 atom stereocenters. The molecule has 0 radical (unpaired) electrons. The second-order valence-corrected chi connectivity index (χ2v) is 8.06. The summed E-state index contributed by atoms with van der Waals surface area (Å²) in [4.78, 5) is 41.9. The van der Waals surface area contributed by atoms with Crippen LogP contribution in [0.5, 0.6) is 5.75 Å².